The van der Waals surface area contributed by atoms with Crippen molar-refractivity contribution in [3.8, 4) is 0 Å². The maximum atomic E-state index is 11.8. The van der Waals surface area contributed by atoms with Gasteiger partial charge in [-0.05, 0) is 55.4 Å². The summed E-state index contributed by atoms with van der Waals surface area (Å²) in [5.74, 6) is -1.62. The molecule has 12 heteroatoms. The first-order chi connectivity index (χ1) is 16.5. The Bertz CT molecular complexity index is 713. The van der Waals surface area contributed by atoms with E-state index in [2.05, 4.69) is 0 Å². The van der Waals surface area contributed by atoms with Crippen molar-refractivity contribution in [2.75, 3.05) is 39.4 Å². The number of likely N-dealkylation sites (tertiary alicyclic amines) is 2. The van der Waals surface area contributed by atoms with Crippen molar-refractivity contribution in [1.29, 1.82) is 0 Å². The van der Waals surface area contributed by atoms with Gasteiger partial charge in [-0.3, -0.25) is 9.59 Å². The number of nitrogens with two attached hydrogens (primary N) is 2. The van der Waals surface area contributed by atoms with Gasteiger partial charge >= 0.3 is 24.1 Å². The highest BCUT2D eigenvalue weighted by Gasteiger charge is 2.41. The van der Waals surface area contributed by atoms with Crippen molar-refractivity contribution < 1.29 is 38.1 Å². The molecule has 0 aliphatic carbocycles. The summed E-state index contributed by atoms with van der Waals surface area (Å²) in [6.45, 7) is 16.0. The molecule has 0 aromatic heterocycles. The van der Waals surface area contributed by atoms with Crippen LogP contribution in [0.15, 0.2) is 0 Å². The van der Waals surface area contributed by atoms with Crippen LogP contribution in [0.25, 0.3) is 0 Å². The van der Waals surface area contributed by atoms with E-state index in [4.69, 9.17) is 30.4 Å². The van der Waals surface area contributed by atoms with Crippen LogP contribution in [0.1, 0.15) is 55.4 Å². The third-order valence-electron chi connectivity index (χ3n) is 5.21. The lowest BCUT2D eigenvalue weighted by atomic mass is 10.1. The second-order valence-electron chi connectivity index (χ2n) is 10.8. The molecule has 2 aliphatic heterocycles. The van der Waals surface area contributed by atoms with E-state index in [0.717, 1.165) is 0 Å². The Morgan fingerprint density at radius 1 is 0.667 bits per heavy atom. The normalized spacial score (nSPS) is 23.9. The first-order valence-electron chi connectivity index (χ1n) is 12.3. The molecule has 4 N–H and O–H groups in total. The predicted molar refractivity (Wildman–Crippen MR) is 132 cm³/mol. The highest BCUT2D eigenvalue weighted by atomic mass is 16.6. The van der Waals surface area contributed by atoms with E-state index < -0.39 is 47.3 Å². The summed E-state index contributed by atoms with van der Waals surface area (Å²) in [6.07, 6.45) is -0.880. The number of hydrogen-bond donors (Lipinski definition) is 2. The van der Waals surface area contributed by atoms with Crippen LogP contribution in [0, 0.1) is 11.8 Å². The third-order valence-corrected chi connectivity index (χ3v) is 5.21. The minimum absolute atomic E-state index is 0.259. The monoisotopic (exact) mass is 516 g/mol. The third kappa shape index (κ3) is 10.2. The summed E-state index contributed by atoms with van der Waals surface area (Å²) in [5, 5.41) is 0. The standard InChI is InChI=1S/2C12H22N2O4/c2*1-5-17-10(15)8-6-14(7-9(8)13)11(16)18-12(2,3)4/h2*8-9H,5-7,13H2,1-4H3/t2*8-,9-/m10/s1. The summed E-state index contributed by atoms with van der Waals surface area (Å²) in [4.78, 5) is 49.8. The van der Waals surface area contributed by atoms with Crippen LogP contribution < -0.4 is 11.5 Å². The molecule has 36 heavy (non-hydrogen) atoms. The predicted octanol–water partition coefficient (Wildman–Crippen LogP) is 1.49. The summed E-state index contributed by atoms with van der Waals surface area (Å²) in [6, 6.07) is -0.784. The largest absolute Gasteiger partial charge is 0.466 e. The minimum atomic E-state index is -0.552. The number of esters is 2. The van der Waals surface area contributed by atoms with Crippen molar-refractivity contribution in [1.82, 2.24) is 9.80 Å². The zero-order chi connectivity index (χ0) is 27.8. The maximum Gasteiger partial charge on any atom is 0.410 e. The summed E-state index contributed by atoms with van der Waals surface area (Å²) >= 11 is 0. The second kappa shape index (κ2) is 13.1. The molecule has 0 saturated carbocycles. The number of amides is 2. The number of hydrogen-bond acceptors (Lipinski definition) is 10. The topological polar surface area (TPSA) is 164 Å². The van der Waals surface area contributed by atoms with E-state index in [1.807, 2.05) is 0 Å². The van der Waals surface area contributed by atoms with Gasteiger partial charge in [-0.25, -0.2) is 9.59 Å². The number of carbonyl (C=O) groups excluding carboxylic acids is 4. The van der Waals surface area contributed by atoms with Gasteiger partial charge in [-0.2, -0.15) is 0 Å². The Kier molecular flexibility index (Phi) is 11.4. The molecule has 2 fully saturated rings. The van der Waals surface area contributed by atoms with Crippen molar-refractivity contribution in [3.63, 3.8) is 0 Å². The van der Waals surface area contributed by atoms with Gasteiger partial charge in [0.2, 0.25) is 0 Å². The Hall–Kier alpha value is -2.60. The summed E-state index contributed by atoms with van der Waals surface area (Å²) < 4.78 is 20.3. The molecule has 2 amide bonds. The van der Waals surface area contributed by atoms with Gasteiger partial charge in [0.1, 0.15) is 11.2 Å². The number of rotatable bonds is 4. The van der Waals surface area contributed by atoms with E-state index in [-0.39, 0.29) is 25.0 Å². The molecule has 0 aromatic rings. The number of nitrogens with zero attached hydrogens (tertiary/aromatic N) is 2. The molecule has 12 nitrogen and oxygen atoms in total. The van der Waals surface area contributed by atoms with E-state index in [9.17, 15) is 19.2 Å². The van der Waals surface area contributed by atoms with Gasteiger partial charge in [0, 0.05) is 38.3 Å². The van der Waals surface area contributed by atoms with Crippen LogP contribution in [0.4, 0.5) is 9.59 Å². The Morgan fingerprint density at radius 2 is 0.972 bits per heavy atom. The SMILES string of the molecule is CCOC(=O)[C@@H]1CN(C(=O)OC(C)(C)C)C[C@H]1N.CCOC(=O)[C@H]1CN(C(=O)OC(C)(C)C)C[C@@H]1N. The molecule has 0 bridgehead atoms. The summed E-state index contributed by atoms with van der Waals surface area (Å²) in [5.41, 5.74) is 10.6. The zero-order valence-electron chi connectivity index (χ0n) is 22.9. The molecule has 2 aliphatic rings. The molecule has 208 valence electrons. The summed E-state index contributed by atoms with van der Waals surface area (Å²) in [7, 11) is 0. The van der Waals surface area contributed by atoms with Gasteiger partial charge in [0.05, 0.1) is 25.0 Å². The van der Waals surface area contributed by atoms with Gasteiger partial charge in [-0.15, -0.1) is 0 Å². The molecule has 4 atom stereocenters. The Morgan fingerprint density at radius 3 is 1.22 bits per heavy atom. The van der Waals surface area contributed by atoms with Gasteiger partial charge in [0.25, 0.3) is 0 Å². The fourth-order valence-corrected chi connectivity index (χ4v) is 3.61. The Balaban J connectivity index is 0.000000360. The molecule has 0 aromatic carbocycles. The first kappa shape index (κ1) is 31.4. The average molecular weight is 517 g/mol. The fraction of sp³-hybridized carbons (Fsp3) is 0.833. The number of ether oxygens (including phenoxy) is 4. The van der Waals surface area contributed by atoms with Crippen molar-refractivity contribution >= 4 is 24.1 Å². The highest BCUT2D eigenvalue weighted by Crippen LogP contribution is 2.21. The lowest BCUT2D eigenvalue weighted by Gasteiger charge is -2.24. The maximum absolute atomic E-state index is 11.8. The fourth-order valence-electron chi connectivity index (χ4n) is 3.61. The molecule has 2 rings (SSSR count). The first-order valence-corrected chi connectivity index (χ1v) is 12.3. The van der Waals surface area contributed by atoms with Crippen LogP contribution in [0.3, 0.4) is 0 Å². The Labute approximate surface area is 213 Å². The van der Waals surface area contributed by atoms with Gasteiger partial charge in [-0.1, -0.05) is 0 Å². The van der Waals surface area contributed by atoms with Gasteiger partial charge < -0.3 is 40.2 Å². The van der Waals surface area contributed by atoms with Crippen molar-refractivity contribution in [2.24, 2.45) is 23.3 Å². The van der Waals surface area contributed by atoms with Crippen LogP contribution >= 0.6 is 0 Å². The number of carbonyl (C=O) groups is 4. The highest BCUT2D eigenvalue weighted by molar-refractivity contribution is 5.77. The van der Waals surface area contributed by atoms with Crippen LogP contribution in [0.2, 0.25) is 0 Å². The van der Waals surface area contributed by atoms with Gasteiger partial charge in [0.15, 0.2) is 0 Å². The molecule has 0 unspecified atom stereocenters. The second-order valence-corrected chi connectivity index (χ2v) is 10.8. The minimum Gasteiger partial charge on any atom is -0.466 e. The van der Waals surface area contributed by atoms with E-state index >= 15 is 0 Å². The van der Waals surface area contributed by atoms with E-state index in [1.165, 1.54) is 9.80 Å². The van der Waals surface area contributed by atoms with Crippen LogP contribution in [-0.2, 0) is 28.5 Å². The lowest BCUT2D eigenvalue weighted by molar-refractivity contribution is -0.148. The van der Waals surface area contributed by atoms with Crippen LogP contribution in [-0.4, -0.2) is 96.6 Å². The smallest absolute Gasteiger partial charge is 0.410 e. The molecule has 0 radical (unpaired) electrons. The lowest BCUT2D eigenvalue weighted by Crippen LogP contribution is -2.36. The van der Waals surface area contributed by atoms with Crippen molar-refractivity contribution in [2.45, 2.75) is 78.7 Å². The van der Waals surface area contributed by atoms with Crippen LogP contribution in [0.5, 0.6) is 0 Å². The van der Waals surface area contributed by atoms with Crippen molar-refractivity contribution in [3.05, 3.63) is 0 Å². The molecule has 2 heterocycles. The molecule has 2 saturated heterocycles. The quantitative estimate of drug-likeness (QED) is 0.413. The molecular formula is C24H44N4O8. The molecular weight excluding hydrogens is 472 g/mol. The zero-order valence-corrected chi connectivity index (χ0v) is 22.9. The van der Waals surface area contributed by atoms with E-state index in [1.54, 1.807) is 55.4 Å². The average Bonchev–Trinajstić information content (AvgIpc) is 3.29. The van der Waals surface area contributed by atoms with E-state index in [0.29, 0.717) is 26.3 Å². The molecule has 0 spiro atoms.